The Labute approximate surface area is 117 Å². The van der Waals surface area contributed by atoms with Crippen LogP contribution in [0.1, 0.15) is 20.3 Å². The molecule has 1 heterocycles. The van der Waals surface area contributed by atoms with Gasteiger partial charge in [0.2, 0.25) is 0 Å². The molecule has 1 unspecified atom stereocenters. The van der Waals surface area contributed by atoms with E-state index >= 15 is 0 Å². The van der Waals surface area contributed by atoms with Crippen LogP contribution < -0.4 is 9.64 Å². The number of carbonyl (C=O) groups is 1. The number of halogens is 1. The van der Waals surface area contributed by atoms with Crippen LogP contribution in [0.2, 0.25) is 5.02 Å². The molecule has 1 amide bonds. The van der Waals surface area contributed by atoms with Crippen molar-refractivity contribution in [2.24, 2.45) is 5.92 Å². The van der Waals surface area contributed by atoms with E-state index in [0.717, 1.165) is 0 Å². The summed E-state index contributed by atoms with van der Waals surface area (Å²) in [4.78, 5) is 14.0. The third-order valence-corrected chi connectivity index (χ3v) is 3.26. The summed E-state index contributed by atoms with van der Waals surface area (Å²) >= 11 is 5.96. The molecule has 1 aromatic rings. The molecule has 4 nitrogen and oxygen atoms in total. The monoisotopic (exact) mass is 278 g/mol. The molecule has 0 spiro atoms. The van der Waals surface area contributed by atoms with Crippen molar-refractivity contribution in [3.63, 3.8) is 0 Å². The fraction of sp³-hybridized carbons (Fsp3) is 0.429. The summed E-state index contributed by atoms with van der Waals surface area (Å²) in [7, 11) is 0. The zero-order valence-corrected chi connectivity index (χ0v) is 11.6. The molecule has 0 N–H and O–H groups in total. The van der Waals surface area contributed by atoms with Gasteiger partial charge in [-0.2, -0.15) is 5.26 Å². The fourth-order valence-electron chi connectivity index (χ4n) is 2.07. The van der Waals surface area contributed by atoms with Gasteiger partial charge < -0.3 is 9.64 Å². The first kappa shape index (κ1) is 13.7. The molecule has 0 saturated heterocycles. The first-order valence-electron chi connectivity index (χ1n) is 6.19. The highest BCUT2D eigenvalue weighted by Gasteiger charge is 2.36. The Balaban J connectivity index is 2.41. The molecule has 1 aliphatic rings. The first-order chi connectivity index (χ1) is 9.04. The number of fused-ring (bicyclic) bond motifs is 1. The van der Waals surface area contributed by atoms with Crippen molar-refractivity contribution in [3.8, 4) is 11.8 Å². The number of hydrogen-bond acceptors (Lipinski definition) is 3. The van der Waals surface area contributed by atoms with Crippen molar-refractivity contribution in [1.29, 1.82) is 5.26 Å². The zero-order valence-electron chi connectivity index (χ0n) is 10.9. The summed E-state index contributed by atoms with van der Waals surface area (Å²) in [5.74, 6) is 0.599. The van der Waals surface area contributed by atoms with Crippen LogP contribution >= 0.6 is 11.6 Å². The number of rotatable bonds is 3. The van der Waals surface area contributed by atoms with Crippen LogP contribution in [0.15, 0.2) is 18.2 Å². The molecular formula is C14H15ClN2O2. The van der Waals surface area contributed by atoms with Gasteiger partial charge in [0.1, 0.15) is 5.75 Å². The highest BCUT2D eigenvalue weighted by Crippen LogP contribution is 2.37. The summed E-state index contributed by atoms with van der Waals surface area (Å²) in [6.07, 6.45) is -0.227. The predicted molar refractivity (Wildman–Crippen MR) is 73.3 cm³/mol. The van der Waals surface area contributed by atoms with Crippen molar-refractivity contribution in [2.75, 3.05) is 11.4 Å². The van der Waals surface area contributed by atoms with E-state index < -0.39 is 6.10 Å². The predicted octanol–water partition coefficient (Wildman–Crippen LogP) is 3.00. The summed E-state index contributed by atoms with van der Waals surface area (Å²) < 4.78 is 5.74. The maximum absolute atomic E-state index is 12.4. The average molecular weight is 279 g/mol. The minimum absolute atomic E-state index is 0.0703. The number of benzene rings is 1. The van der Waals surface area contributed by atoms with Gasteiger partial charge in [-0.15, -0.1) is 0 Å². The highest BCUT2D eigenvalue weighted by atomic mass is 35.5. The lowest BCUT2D eigenvalue weighted by Crippen LogP contribution is -2.48. The van der Waals surface area contributed by atoms with Gasteiger partial charge in [0.15, 0.2) is 6.10 Å². The minimum Gasteiger partial charge on any atom is -0.478 e. The van der Waals surface area contributed by atoms with E-state index in [1.54, 1.807) is 23.1 Å². The molecule has 0 fully saturated rings. The molecule has 19 heavy (non-hydrogen) atoms. The third-order valence-electron chi connectivity index (χ3n) is 3.03. The smallest absolute Gasteiger partial charge is 0.268 e. The van der Waals surface area contributed by atoms with E-state index in [4.69, 9.17) is 21.6 Å². The second-order valence-electron chi connectivity index (χ2n) is 4.79. The molecule has 100 valence electrons. The van der Waals surface area contributed by atoms with E-state index in [9.17, 15) is 4.79 Å². The number of nitriles is 1. The lowest BCUT2D eigenvalue weighted by molar-refractivity contribution is -0.128. The van der Waals surface area contributed by atoms with Crippen molar-refractivity contribution >= 4 is 23.2 Å². The Morgan fingerprint density at radius 2 is 2.26 bits per heavy atom. The number of ether oxygens (including phenoxy) is 1. The minimum atomic E-state index is -0.507. The normalized spacial score (nSPS) is 17.9. The maximum Gasteiger partial charge on any atom is 0.268 e. The maximum atomic E-state index is 12.4. The Hall–Kier alpha value is -1.73. The highest BCUT2D eigenvalue weighted by molar-refractivity contribution is 6.31. The lowest BCUT2D eigenvalue weighted by Gasteiger charge is -2.35. The molecule has 2 rings (SSSR count). The van der Waals surface area contributed by atoms with Gasteiger partial charge >= 0.3 is 0 Å². The number of carbonyl (C=O) groups excluding carboxylic acids is 1. The van der Waals surface area contributed by atoms with E-state index in [1.165, 1.54) is 0 Å². The van der Waals surface area contributed by atoms with Crippen molar-refractivity contribution in [1.82, 2.24) is 0 Å². The van der Waals surface area contributed by atoms with Crippen molar-refractivity contribution in [2.45, 2.75) is 26.4 Å². The Morgan fingerprint density at radius 1 is 1.53 bits per heavy atom. The summed E-state index contributed by atoms with van der Waals surface area (Å²) in [6.45, 7) is 4.23. The van der Waals surface area contributed by atoms with Crippen molar-refractivity contribution < 1.29 is 9.53 Å². The second-order valence-corrected chi connectivity index (χ2v) is 5.23. The lowest BCUT2D eigenvalue weighted by atomic mass is 10.0. The van der Waals surface area contributed by atoms with Gasteiger partial charge in [0, 0.05) is 11.6 Å². The SMILES string of the molecule is CC(C)C1Oc2ccc(Cl)cc2N(CCC#N)C1=O. The van der Waals surface area contributed by atoms with Gasteiger partial charge in [-0.3, -0.25) is 4.79 Å². The summed E-state index contributed by atoms with van der Waals surface area (Å²) in [6, 6.07) is 7.25. The summed E-state index contributed by atoms with van der Waals surface area (Å²) in [5, 5.41) is 9.26. The van der Waals surface area contributed by atoms with Gasteiger partial charge in [-0.1, -0.05) is 25.4 Å². The molecule has 0 saturated carbocycles. The second kappa shape index (κ2) is 5.50. The molecule has 0 aliphatic carbocycles. The number of nitrogens with zero attached hydrogens (tertiary/aromatic N) is 2. The largest absolute Gasteiger partial charge is 0.478 e. The fourth-order valence-corrected chi connectivity index (χ4v) is 2.24. The molecule has 1 aliphatic heterocycles. The van der Waals surface area contributed by atoms with Crippen LogP contribution in [0, 0.1) is 17.2 Å². The van der Waals surface area contributed by atoms with E-state index in [-0.39, 0.29) is 18.2 Å². The first-order valence-corrected chi connectivity index (χ1v) is 6.57. The Kier molecular flexibility index (Phi) is 3.96. The molecule has 0 bridgehead atoms. The Bertz CT molecular complexity index is 537. The molecule has 5 heteroatoms. The number of hydrogen-bond donors (Lipinski definition) is 0. The number of amides is 1. The van der Waals surface area contributed by atoms with Gasteiger partial charge in [0.05, 0.1) is 18.2 Å². The molecular weight excluding hydrogens is 264 g/mol. The average Bonchev–Trinajstić information content (AvgIpc) is 2.37. The van der Waals surface area contributed by atoms with Crippen LogP contribution in [0.5, 0.6) is 5.75 Å². The summed E-state index contributed by atoms with van der Waals surface area (Å²) in [5.41, 5.74) is 0.643. The third kappa shape index (κ3) is 2.66. The standard InChI is InChI=1S/C14H15ClN2O2/c1-9(2)13-14(18)17(7-3-6-16)11-8-10(15)4-5-12(11)19-13/h4-5,8-9,13H,3,7H2,1-2H3. The molecule has 1 aromatic carbocycles. The topological polar surface area (TPSA) is 53.3 Å². The van der Waals surface area contributed by atoms with Gasteiger partial charge in [-0.05, 0) is 24.1 Å². The van der Waals surface area contributed by atoms with Crippen LogP contribution in [-0.4, -0.2) is 18.6 Å². The number of anilines is 1. The van der Waals surface area contributed by atoms with Crippen LogP contribution in [0.3, 0.4) is 0 Å². The van der Waals surface area contributed by atoms with E-state index in [1.807, 2.05) is 13.8 Å². The zero-order chi connectivity index (χ0) is 14.0. The van der Waals surface area contributed by atoms with E-state index in [0.29, 0.717) is 23.0 Å². The molecule has 1 atom stereocenters. The quantitative estimate of drug-likeness (QED) is 0.854. The Morgan fingerprint density at radius 3 is 2.89 bits per heavy atom. The van der Waals surface area contributed by atoms with Crippen molar-refractivity contribution in [3.05, 3.63) is 23.2 Å². The van der Waals surface area contributed by atoms with Crippen LogP contribution in [0.4, 0.5) is 5.69 Å². The molecule has 0 radical (unpaired) electrons. The van der Waals surface area contributed by atoms with Gasteiger partial charge in [-0.25, -0.2) is 0 Å². The molecule has 0 aromatic heterocycles. The van der Waals surface area contributed by atoms with Crippen LogP contribution in [0.25, 0.3) is 0 Å². The van der Waals surface area contributed by atoms with Crippen LogP contribution in [-0.2, 0) is 4.79 Å². The van der Waals surface area contributed by atoms with Gasteiger partial charge in [0.25, 0.3) is 5.91 Å². The van der Waals surface area contributed by atoms with E-state index in [2.05, 4.69) is 6.07 Å².